The SMILES string of the molecule is Fc1ccc(-n2nnc3c(=S)nc[nH]c32)c(F)c1. The minimum absolute atomic E-state index is 0.0794. The van der Waals surface area contributed by atoms with Crippen LogP contribution in [0.25, 0.3) is 16.9 Å². The molecule has 0 amide bonds. The minimum Gasteiger partial charge on any atom is -0.329 e. The third kappa shape index (κ3) is 1.58. The van der Waals surface area contributed by atoms with Crippen LogP contribution >= 0.6 is 12.2 Å². The predicted octanol–water partition coefficient (Wildman–Crippen LogP) is 2.15. The first-order chi connectivity index (χ1) is 8.66. The second-order valence-electron chi connectivity index (χ2n) is 3.50. The van der Waals surface area contributed by atoms with Crippen molar-refractivity contribution in [3.8, 4) is 5.69 Å². The number of nitrogens with one attached hydrogen (secondary N) is 1. The van der Waals surface area contributed by atoms with Gasteiger partial charge in [0.25, 0.3) is 0 Å². The van der Waals surface area contributed by atoms with Gasteiger partial charge in [-0.25, -0.2) is 13.8 Å². The van der Waals surface area contributed by atoms with Crippen molar-refractivity contribution in [3.05, 3.63) is 40.8 Å². The normalized spacial score (nSPS) is 11.0. The highest BCUT2D eigenvalue weighted by atomic mass is 32.1. The fraction of sp³-hybridized carbons (Fsp3) is 0. The van der Waals surface area contributed by atoms with Gasteiger partial charge in [0, 0.05) is 6.07 Å². The molecule has 3 aromatic rings. The zero-order valence-corrected chi connectivity index (χ0v) is 9.58. The molecule has 2 aromatic heterocycles. The van der Waals surface area contributed by atoms with Gasteiger partial charge in [-0.1, -0.05) is 17.4 Å². The molecule has 0 aliphatic rings. The number of aromatic nitrogens is 5. The molecule has 18 heavy (non-hydrogen) atoms. The third-order valence-electron chi connectivity index (χ3n) is 2.39. The lowest BCUT2D eigenvalue weighted by molar-refractivity contribution is 0.573. The first kappa shape index (κ1) is 10.9. The number of rotatable bonds is 1. The summed E-state index contributed by atoms with van der Waals surface area (Å²) < 4.78 is 28.0. The van der Waals surface area contributed by atoms with Crippen molar-refractivity contribution in [1.29, 1.82) is 0 Å². The minimum atomic E-state index is -0.738. The van der Waals surface area contributed by atoms with E-state index in [1.807, 2.05) is 0 Å². The Morgan fingerprint density at radius 3 is 2.89 bits per heavy atom. The van der Waals surface area contributed by atoms with Gasteiger partial charge in [-0.05, 0) is 12.1 Å². The average molecular weight is 265 g/mol. The smallest absolute Gasteiger partial charge is 0.167 e. The lowest BCUT2D eigenvalue weighted by atomic mass is 10.3. The lowest BCUT2D eigenvalue weighted by Gasteiger charge is -2.03. The van der Waals surface area contributed by atoms with Gasteiger partial charge < -0.3 is 4.98 Å². The highest BCUT2D eigenvalue weighted by Gasteiger charge is 2.12. The van der Waals surface area contributed by atoms with Crippen molar-refractivity contribution in [3.63, 3.8) is 0 Å². The monoisotopic (exact) mass is 265 g/mol. The van der Waals surface area contributed by atoms with Crippen molar-refractivity contribution in [2.75, 3.05) is 0 Å². The molecule has 5 nitrogen and oxygen atoms in total. The Balaban J connectivity index is 2.32. The zero-order valence-electron chi connectivity index (χ0n) is 8.76. The maximum atomic E-state index is 13.7. The second-order valence-corrected chi connectivity index (χ2v) is 3.89. The molecule has 0 bridgehead atoms. The third-order valence-corrected chi connectivity index (χ3v) is 2.69. The van der Waals surface area contributed by atoms with Crippen molar-refractivity contribution in [2.45, 2.75) is 0 Å². The van der Waals surface area contributed by atoms with Gasteiger partial charge in [0.15, 0.2) is 21.6 Å². The van der Waals surface area contributed by atoms with E-state index in [2.05, 4.69) is 20.3 Å². The molecular formula is C10H5F2N5S. The van der Waals surface area contributed by atoms with Gasteiger partial charge in [-0.15, -0.1) is 5.10 Å². The first-order valence-electron chi connectivity index (χ1n) is 4.91. The Morgan fingerprint density at radius 2 is 2.11 bits per heavy atom. The van der Waals surface area contributed by atoms with Crippen LogP contribution in [-0.2, 0) is 0 Å². The van der Waals surface area contributed by atoms with Crippen LogP contribution in [0.2, 0.25) is 0 Å². The number of nitrogens with zero attached hydrogens (tertiary/aromatic N) is 4. The second kappa shape index (κ2) is 3.91. The molecule has 0 fully saturated rings. The summed E-state index contributed by atoms with van der Waals surface area (Å²) >= 11 is 4.97. The molecule has 90 valence electrons. The van der Waals surface area contributed by atoms with E-state index < -0.39 is 11.6 Å². The summed E-state index contributed by atoms with van der Waals surface area (Å²) in [4.78, 5) is 6.62. The highest BCUT2D eigenvalue weighted by Crippen LogP contribution is 2.17. The Morgan fingerprint density at radius 1 is 1.28 bits per heavy atom. The van der Waals surface area contributed by atoms with Crippen LogP contribution in [-0.4, -0.2) is 25.0 Å². The molecular weight excluding hydrogens is 260 g/mol. The Bertz CT molecular complexity index is 794. The number of hydrogen-bond acceptors (Lipinski definition) is 4. The van der Waals surface area contributed by atoms with Crippen molar-refractivity contribution in [1.82, 2.24) is 25.0 Å². The summed E-state index contributed by atoms with van der Waals surface area (Å²) in [6.07, 6.45) is 1.37. The maximum absolute atomic E-state index is 13.7. The first-order valence-corrected chi connectivity index (χ1v) is 5.32. The lowest BCUT2D eigenvalue weighted by Crippen LogP contribution is -2.01. The Hall–Kier alpha value is -2.22. The Kier molecular flexibility index (Phi) is 2.37. The molecule has 0 aliphatic heterocycles. The van der Waals surface area contributed by atoms with Crippen LogP contribution < -0.4 is 0 Å². The van der Waals surface area contributed by atoms with Crippen LogP contribution in [0.1, 0.15) is 0 Å². The number of H-pyrrole nitrogens is 1. The topological polar surface area (TPSA) is 59.4 Å². The largest absolute Gasteiger partial charge is 0.329 e. The van der Waals surface area contributed by atoms with E-state index in [9.17, 15) is 8.78 Å². The molecule has 0 saturated heterocycles. The number of hydrogen-bond donors (Lipinski definition) is 1. The summed E-state index contributed by atoms with van der Waals surface area (Å²) in [5.74, 6) is -1.40. The average Bonchev–Trinajstić information content (AvgIpc) is 2.74. The molecule has 0 spiro atoms. The predicted molar refractivity (Wildman–Crippen MR) is 61.8 cm³/mol. The van der Waals surface area contributed by atoms with E-state index >= 15 is 0 Å². The summed E-state index contributed by atoms with van der Waals surface area (Å²) in [7, 11) is 0. The van der Waals surface area contributed by atoms with Crippen LogP contribution in [0.15, 0.2) is 24.5 Å². The van der Waals surface area contributed by atoms with E-state index in [1.165, 1.54) is 17.1 Å². The van der Waals surface area contributed by atoms with Gasteiger partial charge >= 0.3 is 0 Å². The summed E-state index contributed by atoms with van der Waals surface area (Å²) in [5.41, 5.74) is 0.840. The van der Waals surface area contributed by atoms with Crippen molar-refractivity contribution < 1.29 is 8.78 Å². The van der Waals surface area contributed by atoms with E-state index in [0.717, 1.165) is 12.1 Å². The zero-order chi connectivity index (χ0) is 12.7. The quantitative estimate of drug-likeness (QED) is 0.685. The number of aromatic amines is 1. The van der Waals surface area contributed by atoms with Crippen LogP contribution in [0.3, 0.4) is 0 Å². The number of halogens is 2. The fourth-order valence-corrected chi connectivity index (χ4v) is 1.78. The number of benzene rings is 1. The molecule has 0 saturated carbocycles. The summed E-state index contributed by atoms with van der Waals surface area (Å²) in [5, 5.41) is 7.60. The summed E-state index contributed by atoms with van der Waals surface area (Å²) in [6, 6.07) is 3.19. The van der Waals surface area contributed by atoms with Gasteiger partial charge in [0.05, 0.1) is 6.33 Å². The molecule has 1 aromatic carbocycles. The Labute approximate surface area is 104 Å². The van der Waals surface area contributed by atoms with Crippen LogP contribution in [0, 0.1) is 16.3 Å². The molecule has 0 unspecified atom stereocenters. The van der Waals surface area contributed by atoms with Crippen LogP contribution in [0.4, 0.5) is 8.78 Å². The van der Waals surface area contributed by atoms with E-state index in [1.54, 1.807) is 0 Å². The van der Waals surface area contributed by atoms with Gasteiger partial charge in [-0.3, -0.25) is 0 Å². The maximum Gasteiger partial charge on any atom is 0.167 e. The molecule has 1 N–H and O–H groups in total. The highest BCUT2D eigenvalue weighted by molar-refractivity contribution is 7.71. The van der Waals surface area contributed by atoms with E-state index in [0.29, 0.717) is 11.2 Å². The van der Waals surface area contributed by atoms with Crippen molar-refractivity contribution >= 4 is 23.4 Å². The van der Waals surface area contributed by atoms with Crippen molar-refractivity contribution in [2.24, 2.45) is 0 Å². The van der Waals surface area contributed by atoms with Crippen LogP contribution in [0.5, 0.6) is 0 Å². The molecule has 0 atom stereocenters. The fourth-order valence-electron chi connectivity index (χ4n) is 1.59. The summed E-state index contributed by atoms with van der Waals surface area (Å²) in [6.45, 7) is 0. The van der Waals surface area contributed by atoms with Gasteiger partial charge in [0.2, 0.25) is 0 Å². The molecule has 8 heteroatoms. The van der Waals surface area contributed by atoms with E-state index in [-0.39, 0.29) is 10.3 Å². The standard InChI is InChI=1S/C10H5F2N5S/c11-5-1-2-7(6(12)3-5)17-9-8(15-16-17)10(18)14-4-13-9/h1-4H,(H,13,14,18). The van der Waals surface area contributed by atoms with Gasteiger partial charge in [-0.2, -0.15) is 4.68 Å². The van der Waals surface area contributed by atoms with E-state index in [4.69, 9.17) is 12.2 Å². The molecule has 0 radical (unpaired) electrons. The molecule has 3 rings (SSSR count). The molecule has 2 heterocycles. The van der Waals surface area contributed by atoms with Gasteiger partial charge in [0.1, 0.15) is 11.5 Å². The molecule has 0 aliphatic carbocycles. The number of fused-ring (bicyclic) bond motifs is 1.